The number of rotatable bonds is 0. The van der Waals surface area contributed by atoms with E-state index in [0.717, 1.165) is 6.08 Å². The van der Waals surface area contributed by atoms with Gasteiger partial charge in [-0.05, 0) is 6.07 Å². The third kappa shape index (κ3) is 1.14. The van der Waals surface area contributed by atoms with E-state index in [4.69, 9.17) is 11.6 Å². The molecule has 1 aromatic rings. The van der Waals surface area contributed by atoms with Crippen LogP contribution in [0.25, 0.3) is 5.03 Å². The molecule has 0 unspecified atom stereocenters. The molecule has 0 fully saturated rings. The number of phenolic OH excluding ortho intramolecular Hbond substituents is 1. The minimum Gasteiger partial charge on any atom is -0.507 e. The molecule has 0 saturated carbocycles. The monoisotopic (exact) mass is 208 g/mol. The van der Waals surface area contributed by atoms with Crippen LogP contribution in [0.15, 0.2) is 24.3 Å². The largest absolute Gasteiger partial charge is 0.507 e. The number of hydrogen-bond donors (Lipinski definition) is 1. The predicted molar refractivity (Wildman–Crippen MR) is 51.3 cm³/mol. The van der Waals surface area contributed by atoms with E-state index in [1.807, 2.05) is 0 Å². The molecule has 70 valence electrons. The molecular weight excluding hydrogens is 204 g/mol. The number of hydrogen-bond acceptors (Lipinski definition) is 3. The number of Topliss-reactive ketones (excluding diaryl/α,β-unsaturated/α-hetero) is 1. The molecular formula is C10H5ClO3. The first kappa shape index (κ1) is 8.97. The Morgan fingerprint density at radius 3 is 2.64 bits per heavy atom. The Bertz CT molecular complexity index is 474. The Kier molecular flexibility index (Phi) is 1.89. The first-order chi connectivity index (χ1) is 6.61. The molecule has 14 heavy (non-hydrogen) atoms. The molecule has 0 bridgehead atoms. The minimum atomic E-state index is -0.720. The number of carbonyl (C=O) groups is 2. The zero-order valence-corrected chi connectivity index (χ0v) is 7.71. The first-order valence-electron chi connectivity index (χ1n) is 3.89. The van der Waals surface area contributed by atoms with Crippen LogP contribution in [0.3, 0.4) is 0 Å². The third-order valence-corrected chi connectivity index (χ3v) is 2.32. The van der Waals surface area contributed by atoms with Gasteiger partial charge in [-0.25, -0.2) is 0 Å². The molecule has 1 aliphatic carbocycles. The Labute approximate surface area is 84.6 Å². The van der Waals surface area contributed by atoms with E-state index in [9.17, 15) is 14.7 Å². The summed E-state index contributed by atoms with van der Waals surface area (Å²) < 4.78 is 0. The maximum atomic E-state index is 11.4. The summed E-state index contributed by atoms with van der Waals surface area (Å²) in [5, 5.41) is 9.58. The van der Waals surface area contributed by atoms with Crippen molar-refractivity contribution >= 4 is 28.2 Å². The molecule has 0 radical (unpaired) electrons. The van der Waals surface area contributed by atoms with Crippen molar-refractivity contribution in [3.63, 3.8) is 0 Å². The number of carbonyl (C=O) groups excluding carboxylic acids is 2. The Morgan fingerprint density at radius 1 is 1.21 bits per heavy atom. The van der Waals surface area contributed by atoms with Gasteiger partial charge in [-0.1, -0.05) is 23.7 Å². The van der Waals surface area contributed by atoms with Gasteiger partial charge in [0.05, 0.1) is 10.6 Å². The van der Waals surface area contributed by atoms with Crippen molar-refractivity contribution in [2.75, 3.05) is 0 Å². The van der Waals surface area contributed by atoms with Crippen molar-refractivity contribution < 1.29 is 14.7 Å². The quantitative estimate of drug-likeness (QED) is 0.661. The molecule has 0 spiro atoms. The van der Waals surface area contributed by atoms with Gasteiger partial charge in [-0.2, -0.15) is 0 Å². The van der Waals surface area contributed by atoms with E-state index in [0.29, 0.717) is 5.56 Å². The van der Waals surface area contributed by atoms with Crippen LogP contribution in [0.5, 0.6) is 5.75 Å². The van der Waals surface area contributed by atoms with Gasteiger partial charge in [0.1, 0.15) is 5.75 Å². The highest BCUT2D eigenvalue weighted by Gasteiger charge is 2.27. The van der Waals surface area contributed by atoms with Crippen LogP contribution < -0.4 is 0 Å². The van der Waals surface area contributed by atoms with E-state index in [1.54, 1.807) is 12.1 Å². The normalized spacial score (nSPS) is 15.1. The number of fused-ring (bicyclic) bond motifs is 1. The number of ketones is 2. The van der Waals surface area contributed by atoms with E-state index < -0.39 is 11.6 Å². The molecule has 2 rings (SSSR count). The zero-order chi connectivity index (χ0) is 10.3. The highest BCUT2D eigenvalue weighted by Crippen LogP contribution is 2.32. The number of aromatic hydroxyl groups is 1. The number of halogens is 1. The van der Waals surface area contributed by atoms with Crippen LogP contribution in [0.4, 0.5) is 0 Å². The Balaban J connectivity index is 2.78. The van der Waals surface area contributed by atoms with Gasteiger partial charge in [0.2, 0.25) is 11.6 Å². The standard InChI is InChI=1S/C10H5ClO3/c11-6-4-8(13)10(14)9-5(6)2-1-3-7(9)12/h1-4,12H. The van der Waals surface area contributed by atoms with Crippen LogP contribution in [-0.4, -0.2) is 16.7 Å². The van der Waals surface area contributed by atoms with Gasteiger partial charge in [0, 0.05) is 11.6 Å². The second-order valence-electron chi connectivity index (χ2n) is 2.89. The first-order valence-corrected chi connectivity index (χ1v) is 4.27. The molecule has 0 aromatic heterocycles. The van der Waals surface area contributed by atoms with E-state index in [-0.39, 0.29) is 16.3 Å². The second-order valence-corrected chi connectivity index (χ2v) is 3.29. The maximum absolute atomic E-state index is 11.4. The van der Waals surface area contributed by atoms with Crippen molar-refractivity contribution in [1.29, 1.82) is 0 Å². The van der Waals surface area contributed by atoms with E-state index >= 15 is 0 Å². The number of phenols is 1. The maximum Gasteiger partial charge on any atom is 0.237 e. The molecule has 1 N–H and O–H groups in total. The zero-order valence-electron chi connectivity index (χ0n) is 6.95. The van der Waals surface area contributed by atoms with Gasteiger partial charge in [0.25, 0.3) is 0 Å². The lowest BCUT2D eigenvalue weighted by atomic mass is 9.94. The molecule has 0 amide bonds. The Hall–Kier alpha value is -1.61. The van der Waals surface area contributed by atoms with Crippen LogP contribution >= 0.6 is 11.6 Å². The van der Waals surface area contributed by atoms with E-state index in [1.165, 1.54) is 6.07 Å². The summed E-state index contributed by atoms with van der Waals surface area (Å²) in [5.41, 5.74) is 0.390. The average Bonchev–Trinajstić information content (AvgIpc) is 2.14. The van der Waals surface area contributed by atoms with Gasteiger partial charge >= 0.3 is 0 Å². The van der Waals surface area contributed by atoms with Gasteiger partial charge in [-0.15, -0.1) is 0 Å². The minimum absolute atomic E-state index is 0.00926. The predicted octanol–water partition coefficient (Wildman–Crippen LogP) is 1.74. The average molecular weight is 209 g/mol. The summed E-state index contributed by atoms with van der Waals surface area (Å²) >= 11 is 5.76. The van der Waals surface area contributed by atoms with Crippen LogP contribution in [-0.2, 0) is 4.79 Å². The van der Waals surface area contributed by atoms with Crippen molar-refractivity contribution in [1.82, 2.24) is 0 Å². The van der Waals surface area contributed by atoms with Crippen molar-refractivity contribution in [3.05, 3.63) is 35.4 Å². The van der Waals surface area contributed by atoms with Gasteiger partial charge in [-0.3, -0.25) is 9.59 Å². The number of benzene rings is 1. The molecule has 1 aliphatic rings. The lowest BCUT2D eigenvalue weighted by molar-refractivity contribution is -0.111. The highest BCUT2D eigenvalue weighted by atomic mass is 35.5. The topological polar surface area (TPSA) is 54.4 Å². The summed E-state index contributed by atoms with van der Waals surface area (Å²) in [5.74, 6) is -1.64. The lowest BCUT2D eigenvalue weighted by Gasteiger charge is -2.12. The summed E-state index contributed by atoms with van der Waals surface area (Å²) in [6.45, 7) is 0. The molecule has 1 aromatic carbocycles. The molecule has 0 heterocycles. The summed E-state index contributed by atoms with van der Waals surface area (Å²) in [7, 11) is 0. The molecule has 4 heteroatoms. The SMILES string of the molecule is O=C1C=C(Cl)c2cccc(O)c2C1=O. The fraction of sp³-hybridized carbons (Fsp3) is 0. The Morgan fingerprint density at radius 2 is 1.93 bits per heavy atom. The molecule has 0 atom stereocenters. The summed E-state index contributed by atoms with van der Waals surface area (Å²) in [6.07, 6.45) is 1.06. The summed E-state index contributed by atoms with van der Waals surface area (Å²) in [6, 6.07) is 4.49. The van der Waals surface area contributed by atoms with Gasteiger partial charge < -0.3 is 5.11 Å². The van der Waals surface area contributed by atoms with Crippen molar-refractivity contribution in [2.45, 2.75) is 0 Å². The van der Waals surface area contributed by atoms with Crippen molar-refractivity contribution in [2.24, 2.45) is 0 Å². The lowest BCUT2D eigenvalue weighted by Crippen LogP contribution is -2.17. The van der Waals surface area contributed by atoms with Crippen LogP contribution in [0, 0.1) is 0 Å². The van der Waals surface area contributed by atoms with Gasteiger partial charge in [0.15, 0.2) is 0 Å². The van der Waals surface area contributed by atoms with Crippen LogP contribution in [0.1, 0.15) is 15.9 Å². The molecule has 0 aliphatic heterocycles. The molecule has 3 nitrogen and oxygen atoms in total. The van der Waals surface area contributed by atoms with Crippen LogP contribution in [0.2, 0.25) is 0 Å². The summed E-state index contributed by atoms with van der Waals surface area (Å²) in [4.78, 5) is 22.5. The van der Waals surface area contributed by atoms with Crippen molar-refractivity contribution in [3.8, 4) is 5.75 Å². The third-order valence-electron chi connectivity index (χ3n) is 2.01. The van der Waals surface area contributed by atoms with E-state index in [2.05, 4.69) is 0 Å². The fourth-order valence-electron chi connectivity index (χ4n) is 1.36. The highest BCUT2D eigenvalue weighted by molar-refractivity contribution is 6.60. The fourth-order valence-corrected chi connectivity index (χ4v) is 1.62. The second kappa shape index (κ2) is 2.96. The number of allylic oxidation sites excluding steroid dienone is 1. The molecule has 0 saturated heterocycles. The smallest absolute Gasteiger partial charge is 0.237 e.